The molecule has 210 valence electrons. The average molecular weight is 526 g/mol. The molecular weight excluding hydrogens is 478 g/mol. The molecule has 0 aliphatic heterocycles. The molecule has 4 fully saturated rings. The standard InChI is InChI=1S/C32H47NO5/c1-5-23-27-18-22(37-19-34)11-14-32(27,4)26-12-15-31(3)24(9-10-25(31)29(26)30(23)38-20-35)21(2)13-17-36-28-8-6-7-16-33-28/h6-8,16,19-27,29-30H,5,9-15,17-18H2,1-4H3/t21-,22-,23-,24-,25+,26+,27+,29+,30-,31-,32-/m1/s1. The molecular formula is C32H47NO5. The topological polar surface area (TPSA) is 74.7 Å². The Morgan fingerprint density at radius 3 is 2.47 bits per heavy atom. The van der Waals surface area contributed by atoms with Gasteiger partial charge in [0.25, 0.3) is 12.9 Å². The van der Waals surface area contributed by atoms with E-state index in [2.05, 4.69) is 32.7 Å². The summed E-state index contributed by atoms with van der Waals surface area (Å²) in [5.74, 6) is 4.20. The van der Waals surface area contributed by atoms with Gasteiger partial charge in [-0.3, -0.25) is 9.59 Å². The first-order valence-electron chi connectivity index (χ1n) is 15.1. The van der Waals surface area contributed by atoms with Gasteiger partial charge in [-0.15, -0.1) is 0 Å². The maximum Gasteiger partial charge on any atom is 0.293 e. The number of hydrogen-bond acceptors (Lipinski definition) is 6. The summed E-state index contributed by atoms with van der Waals surface area (Å²) < 4.78 is 17.5. The van der Waals surface area contributed by atoms with E-state index in [-0.39, 0.29) is 23.0 Å². The molecule has 0 unspecified atom stereocenters. The zero-order valence-corrected chi connectivity index (χ0v) is 23.7. The van der Waals surface area contributed by atoms with E-state index in [1.54, 1.807) is 6.20 Å². The predicted molar refractivity (Wildman–Crippen MR) is 145 cm³/mol. The van der Waals surface area contributed by atoms with Crippen molar-refractivity contribution in [2.45, 2.75) is 97.7 Å². The molecule has 0 bridgehead atoms. The van der Waals surface area contributed by atoms with E-state index in [1.807, 2.05) is 18.2 Å². The van der Waals surface area contributed by atoms with Gasteiger partial charge in [0.05, 0.1) is 6.61 Å². The molecule has 11 atom stereocenters. The van der Waals surface area contributed by atoms with Gasteiger partial charge in [0.2, 0.25) is 5.88 Å². The Labute approximate surface area is 228 Å². The Morgan fingerprint density at radius 2 is 1.76 bits per heavy atom. The highest BCUT2D eigenvalue weighted by atomic mass is 16.5. The van der Waals surface area contributed by atoms with Crippen LogP contribution in [0.4, 0.5) is 0 Å². The fraction of sp³-hybridized carbons (Fsp3) is 0.781. The molecule has 4 aliphatic rings. The number of rotatable bonds is 10. The first-order valence-corrected chi connectivity index (χ1v) is 15.1. The van der Waals surface area contributed by atoms with Crippen LogP contribution in [0.2, 0.25) is 0 Å². The van der Waals surface area contributed by atoms with Gasteiger partial charge in [0.15, 0.2) is 0 Å². The van der Waals surface area contributed by atoms with Crippen molar-refractivity contribution in [2.75, 3.05) is 6.61 Å². The van der Waals surface area contributed by atoms with Crippen LogP contribution in [0.5, 0.6) is 5.88 Å². The minimum atomic E-state index is -0.0401. The highest BCUT2D eigenvalue weighted by Crippen LogP contribution is 2.70. The zero-order valence-electron chi connectivity index (χ0n) is 23.7. The first-order chi connectivity index (χ1) is 18.4. The largest absolute Gasteiger partial charge is 0.478 e. The Bertz CT molecular complexity index is 956. The number of aromatic nitrogens is 1. The summed E-state index contributed by atoms with van der Waals surface area (Å²) in [5.41, 5.74) is 0.466. The lowest BCUT2D eigenvalue weighted by Crippen LogP contribution is -2.62. The highest BCUT2D eigenvalue weighted by Gasteiger charge is 2.65. The van der Waals surface area contributed by atoms with Gasteiger partial charge in [-0.2, -0.15) is 0 Å². The van der Waals surface area contributed by atoms with Crippen LogP contribution in [-0.4, -0.2) is 36.7 Å². The minimum absolute atomic E-state index is 0.00747. The van der Waals surface area contributed by atoms with Crippen molar-refractivity contribution in [1.82, 2.24) is 4.98 Å². The molecule has 5 rings (SSSR count). The number of pyridine rings is 1. The van der Waals surface area contributed by atoms with E-state index in [0.29, 0.717) is 66.9 Å². The molecule has 1 aromatic heterocycles. The van der Waals surface area contributed by atoms with E-state index in [4.69, 9.17) is 14.2 Å². The van der Waals surface area contributed by atoms with Crippen molar-refractivity contribution in [1.29, 1.82) is 0 Å². The van der Waals surface area contributed by atoms with Crippen molar-refractivity contribution < 1.29 is 23.8 Å². The monoisotopic (exact) mass is 525 g/mol. The third-order valence-electron chi connectivity index (χ3n) is 12.0. The molecule has 6 nitrogen and oxygen atoms in total. The second kappa shape index (κ2) is 11.2. The minimum Gasteiger partial charge on any atom is -0.478 e. The van der Waals surface area contributed by atoms with E-state index in [9.17, 15) is 9.59 Å². The number of fused-ring (bicyclic) bond motifs is 5. The van der Waals surface area contributed by atoms with E-state index < -0.39 is 0 Å². The summed E-state index contributed by atoms with van der Waals surface area (Å²) in [6, 6.07) is 5.80. The van der Waals surface area contributed by atoms with Crippen LogP contribution in [0.15, 0.2) is 24.4 Å². The molecule has 1 aromatic rings. The van der Waals surface area contributed by atoms with Crippen molar-refractivity contribution in [3.63, 3.8) is 0 Å². The van der Waals surface area contributed by atoms with Gasteiger partial charge in [-0.05, 0) is 110 Å². The average Bonchev–Trinajstić information content (AvgIpc) is 3.27. The molecule has 0 radical (unpaired) electrons. The van der Waals surface area contributed by atoms with Crippen molar-refractivity contribution >= 4 is 12.9 Å². The summed E-state index contributed by atoms with van der Waals surface area (Å²) in [4.78, 5) is 27.3. The smallest absolute Gasteiger partial charge is 0.293 e. The number of carbonyl (C=O) groups excluding carboxylic acids is 2. The summed E-state index contributed by atoms with van der Waals surface area (Å²) in [5, 5.41) is 0. The van der Waals surface area contributed by atoms with Crippen molar-refractivity contribution in [3.05, 3.63) is 24.4 Å². The van der Waals surface area contributed by atoms with Gasteiger partial charge in [0, 0.05) is 18.2 Å². The fourth-order valence-electron chi connectivity index (χ4n) is 10.3. The Kier molecular flexibility index (Phi) is 8.07. The van der Waals surface area contributed by atoms with Gasteiger partial charge < -0.3 is 14.2 Å². The van der Waals surface area contributed by atoms with Crippen LogP contribution in [0.3, 0.4) is 0 Å². The SMILES string of the molecule is CC[C@H]1[C@@H](OC=O)[C@@H]2[C@H](CC[C@]3(C)[C@@H]([C@H](C)CCOc4ccccn4)CC[C@@H]23)[C@@]2(C)CC[C@@H](OC=O)C[C@@H]12. The maximum atomic E-state index is 11.9. The van der Waals surface area contributed by atoms with E-state index in [0.717, 1.165) is 32.1 Å². The predicted octanol–water partition coefficient (Wildman–Crippen LogP) is 6.47. The molecule has 1 heterocycles. The molecule has 0 aromatic carbocycles. The van der Waals surface area contributed by atoms with Gasteiger partial charge in [-0.25, -0.2) is 4.98 Å². The van der Waals surface area contributed by atoms with Crippen LogP contribution in [-0.2, 0) is 19.1 Å². The lowest BCUT2D eigenvalue weighted by molar-refractivity contribution is -0.213. The van der Waals surface area contributed by atoms with Crippen molar-refractivity contribution in [2.24, 2.45) is 52.3 Å². The number of hydrogen-bond donors (Lipinski definition) is 0. The molecule has 0 spiro atoms. The molecule has 6 heteroatoms. The normalized spacial score (nSPS) is 42.6. The van der Waals surface area contributed by atoms with Gasteiger partial charge >= 0.3 is 0 Å². The molecule has 4 aliphatic carbocycles. The van der Waals surface area contributed by atoms with Gasteiger partial charge in [-0.1, -0.05) is 33.8 Å². The van der Waals surface area contributed by atoms with Crippen LogP contribution in [0.25, 0.3) is 0 Å². The van der Waals surface area contributed by atoms with Crippen LogP contribution in [0.1, 0.15) is 85.5 Å². The fourth-order valence-corrected chi connectivity index (χ4v) is 10.3. The summed E-state index contributed by atoms with van der Waals surface area (Å²) >= 11 is 0. The Balaban J connectivity index is 1.36. The van der Waals surface area contributed by atoms with Gasteiger partial charge in [0.1, 0.15) is 12.2 Å². The summed E-state index contributed by atoms with van der Waals surface area (Å²) in [7, 11) is 0. The van der Waals surface area contributed by atoms with Crippen LogP contribution >= 0.6 is 0 Å². The quantitative estimate of drug-likeness (QED) is 0.326. The molecule has 38 heavy (non-hydrogen) atoms. The van der Waals surface area contributed by atoms with E-state index >= 15 is 0 Å². The second-order valence-corrected chi connectivity index (χ2v) is 13.3. The Hall–Kier alpha value is -2.11. The summed E-state index contributed by atoms with van der Waals surface area (Å²) in [6.07, 6.45) is 11.6. The highest BCUT2D eigenvalue weighted by molar-refractivity contribution is 5.38. The molecule has 0 saturated heterocycles. The maximum absolute atomic E-state index is 11.9. The Morgan fingerprint density at radius 1 is 1.00 bits per heavy atom. The third-order valence-corrected chi connectivity index (χ3v) is 12.0. The van der Waals surface area contributed by atoms with E-state index in [1.165, 1.54) is 25.7 Å². The summed E-state index contributed by atoms with van der Waals surface area (Å²) in [6.45, 7) is 11.7. The lowest BCUT2D eigenvalue weighted by atomic mass is 9.41. The zero-order chi connectivity index (χ0) is 26.9. The molecule has 4 saturated carbocycles. The second-order valence-electron chi connectivity index (χ2n) is 13.3. The number of ether oxygens (including phenoxy) is 3. The van der Waals surface area contributed by atoms with Crippen LogP contribution in [0, 0.1) is 52.3 Å². The van der Waals surface area contributed by atoms with Crippen molar-refractivity contribution in [3.8, 4) is 5.88 Å². The third kappa shape index (κ3) is 4.64. The first kappa shape index (κ1) is 27.5. The number of carbonyl (C=O) groups is 2. The molecule has 0 N–H and O–H groups in total. The molecule has 0 amide bonds. The number of nitrogens with zero attached hydrogens (tertiary/aromatic N) is 1. The lowest BCUT2D eigenvalue weighted by Gasteiger charge is -2.65. The van der Waals surface area contributed by atoms with Crippen LogP contribution < -0.4 is 4.74 Å².